The number of benzene rings is 1. The van der Waals surface area contributed by atoms with Gasteiger partial charge in [-0.2, -0.15) is 5.10 Å². The van der Waals surface area contributed by atoms with Crippen LogP contribution in [0.1, 0.15) is 18.3 Å². The van der Waals surface area contributed by atoms with E-state index in [1.165, 1.54) is 0 Å². The molecule has 0 aliphatic carbocycles. The number of anilines is 1. The van der Waals surface area contributed by atoms with E-state index >= 15 is 0 Å². The molecule has 0 bridgehead atoms. The zero-order chi connectivity index (χ0) is 16.1. The Morgan fingerprint density at radius 3 is 2.27 bits per heavy atom. The third-order valence-corrected chi connectivity index (χ3v) is 3.28. The Morgan fingerprint density at radius 2 is 1.77 bits per heavy atom. The van der Waals surface area contributed by atoms with Gasteiger partial charge < -0.3 is 14.8 Å². The molecular formula is C16H21N3O3. The zero-order valence-corrected chi connectivity index (χ0v) is 13.3. The van der Waals surface area contributed by atoms with Crippen LogP contribution in [0.4, 0.5) is 5.69 Å². The van der Waals surface area contributed by atoms with Crippen LogP contribution in [-0.4, -0.2) is 28.9 Å². The molecule has 1 aromatic carbocycles. The summed E-state index contributed by atoms with van der Waals surface area (Å²) in [6, 6.07) is 7.18. The second-order valence-corrected chi connectivity index (χ2v) is 4.91. The number of aryl methyl sites for hydroxylation is 2. The summed E-state index contributed by atoms with van der Waals surface area (Å²) >= 11 is 0. The highest BCUT2D eigenvalue weighted by Crippen LogP contribution is 2.19. The lowest BCUT2D eigenvalue weighted by atomic mass is 10.3. The number of aromatic nitrogens is 2. The molecule has 0 saturated carbocycles. The number of rotatable bonds is 6. The average Bonchev–Trinajstić information content (AvgIpc) is 2.73. The number of nitrogens with zero attached hydrogens (tertiary/aromatic N) is 2. The Hall–Kier alpha value is -2.50. The Kier molecular flexibility index (Phi) is 5.04. The van der Waals surface area contributed by atoms with Crippen LogP contribution in [0, 0.1) is 13.8 Å². The topological polar surface area (TPSA) is 65.4 Å². The number of carbonyl (C=O) groups is 1. The molecule has 0 unspecified atom stereocenters. The van der Waals surface area contributed by atoms with E-state index in [-0.39, 0.29) is 12.5 Å². The van der Waals surface area contributed by atoms with Crippen LogP contribution in [0.25, 0.3) is 0 Å². The van der Waals surface area contributed by atoms with Gasteiger partial charge in [-0.3, -0.25) is 9.48 Å². The van der Waals surface area contributed by atoms with Crippen molar-refractivity contribution >= 4 is 11.6 Å². The molecule has 6 heteroatoms. The van der Waals surface area contributed by atoms with E-state index in [9.17, 15) is 4.79 Å². The van der Waals surface area contributed by atoms with Crippen LogP contribution >= 0.6 is 0 Å². The first-order valence-corrected chi connectivity index (χ1v) is 7.17. The van der Waals surface area contributed by atoms with E-state index in [2.05, 4.69) is 10.4 Å². The van der Waals surface area contributed by atoms with E-state index in [4.69, 9.17) is 9.47 Å². The van der Waals surface area contributed by atoms with Crippen molar-refractivity contribution in [2.75, 3.05) is 18.5 Å². The predicted molar refractivity (Wildman–Crippen MR) is 84.4 cm³/mol. The fourth-order valence-corrected chi connectivity index (χ4v) is 2.08. The highest BCUT2D eigenvalue weighted by Gasteiger charge is 2.12. The fraction of sp³-hybridized carbons (Fsp3) is 0.375. The summed E-state index contributed by atoms with van der Waals surface area (Å²) in [5.74, 6) is 1.19. The van der Waals surface area contributed by atoms with E-state index in [0.29, 0.717) is 12.4 Å². The second-order valence-electron chi connectivity index (χ2n) is 4.91. The molecule has 118 valence electrons. The highest BCUT2D eigenvalue weighted by molar-refractivity contribution is 5.93. The summed E-state index contributed by atoms with van der Waals surface area (Å²) in [5, 5.41) is 7.09. The standard InChI is InChI=1S/C16H21N3O3/c1-5-21-13-6-8-14(9-7-13)22-10-15(20)17-16-11(2)18-19(4)12(16)3/h6-9H,5,10H2,1-4H3,(H,17,20). The van der Waals surface area contributed by atoms with Gasteiger partial charge in [0.05, 0.1) is 23.7 Å². The van der Waals surface area contributed by atoms with Gasteiger partial charge >= 0.3 is 0 Å². The summed E-state index contributed by atoms with van der Waals surface area (Å²) in [5.41, 5.74) is 2.43. The third-order valence-electron chi connectivity index (χ3n) is 3.28. The van der Waals surface area contributed by atoms with Crippen molar-refractivity contribution < 1.29 is 14.3 Å². The Balaban J connectivity index is 1.90. The lowest BCUT2D eigenvalue weighted by Gasteiger charge is -2.09. The molecule has 22 heavy (non-hydrogen) atoms. The van der Waals surface area contributed by atoms with E-state index in [0.717, 1.165) is 22.8 Å². The molecule has 0 saturated heterocycles. The lowest BCUT2D eigenvalue weighted by Crippen LogP contribution is -2.20. The van der Waals surface area contributed by atoms with Crippen LogP contribution in [-0.2, 0) is 11.8 Å². The van der Waals surface area contributed by atoms with Crippen molar-refractivity contribution in [2.45, 2.75) is 20.8 Å². The molecule has 1 aromatic heterocycles. The number of nitrogens with one attached hydrogen (secondary N) is 1. The van der Waals surface area contributed by atoms with Gasteiger partial charge in [-0.1, -0.05) is 0 Å². The summed E-state index contributed by atoms with van der Waals surface area (Å²) in [4.78, 5) is 12.0. The van der Waals surface area contributed by atoms with Crippen molar-refractivity contribution in [1.29, 1.82) is 0 Å². The first-order chi connectivity index (χ1) is 10.5. The minimum absolute atomic E-state index is 0.0538. The van der Waals surface area contributed by atoms with Gasteiger partial charge in [-0.15, -0.1) is 0 Å². The van der Waals surface area contributed by atoms with E-state index < -0.39 is 0 Å². The molecule has 0 aliphatic heterocycles. The number of hydrogen-bond acceptors (Lipinski definition) is 4. The minimum Gasteiger partial charge on any atom is -0.494 e. The van der Waals surface area contributed by atoms with Crippen molar-refractivity contribution in [1.82, 2.24) is 9.78 Å². The predicted octanol–water partition coefficient (Wildman–Crippen LogP) is 2.45. The van der Waals surface area contributed by atoms with Gasteiger partial charge in [0.25, 0.3) is 5.91 Å². The van der Waals surface area contributed by atoms with Crippen LogP contribution in [0.5, 0.6) is 11.5 Å². The number of amides is 1. The second kappa shape index (κ2) is 6.98. The smallest absolute Gasteiger partial charge is 0.262 e. The van der Waals surface area contributed by atoms with Crippen molar-refractivity contribution in [3.8, 4) is 11.5 Å². The molecule has 0 radical (unpaired) electrons. The first kappa shape index (κ1) is 15.9. The van der Waals surface area contributed by atoms with Crippen LogP contribution in [0.2, 0.25) is 0 Å². The fourth-order valence-electron chi connectivity index (χ4n) is 2.08. The maximum atomic E-state index is 12.0. The maximum Gasteiger partial charge on any atom is 0.262 e. The maximum absolute atomic E-state index is 12.0. The van der Waals surface area contributed by atoms with Crippen molar-refractivity contribution in [2.24, 2.45) is 7.05 Å². The monoisotopic (exact) mass is 303 g/mol. The SMILES string of the molecule is CCOc1ccc(OCC(=O)Nc2c(C)nn(C)c2C)cc1. The Morgan fingerprint density at radius 1 is 1.18 bits per heavy atom. The van der Waals surface area contributed by atoms with Crippen molar-refractivity contribution in [3.05, 3.63) is 35.7 Å². The van der Waals surface area contributed by atoms with Gasteiger partial charge in [0, 0.05) is 7.05 Å². The normalized spacial score (nSPS) is 10.4. The molecule has 0 atom stereocenters. The van der Waals surface area contributed by atoms with Crippen LogP contribution in [0.3, 0.4) is 0 Å². The molecule has 1 N–H and O–H groups in total. The number of hydrogen-bond donors (Lipinski definition) is 1. The highest BCUT2D eigenvalue weighted by atomic mass is 16.5. The van der Waals surface area contributed by atoms with Crippen LogP contribution < -0.4 is 14.8 Å². The Bertz CT molecular complexity index is 647. The van der Waals surface area contributed by atoms with Gasteiger partial charge in [-0.25, -0.2) is 0 Å². The van der Waals surface area contributed by atoms with E-state index in [1.807, 2.05) is 40.0 Å². The van der Waals surface area contributed by atoms with E-state index in [1.54, 1.807) is 16.8 Å². The average molecular weight is 303 g/mol. The summed E-state index contributed by atoms with van der Waals surface area (Å²) in [6.07, 6.45) is 0. The molecule has 0 spiro atoms. The molecule has 2 aromatic rings. The molecule has 0 aliphatic rings. The zero-order valence-electron chi connectivity index (χ0n) is 13.3. The number of ether oxygens (including phenoxy) is 2. The summed E-state index contributed by atoms with van der Waals surface area (Å²) in [7, 11) is 1.84. The molecule has 1 heterocycles. The molecule has 2 rings (SSSR count). The largest absolute Gasteiger partial charge is 0.494 e. The van der Waals surface area contributed by atoms with Crippen molar-refractivity contribution in [3.63, 3.8) is 0 Å². The first-order valence-electron chi connectivity index (χ1n) is 7.17. The minimum atomic E-state index is -0.215. The third kappa shape index (κ3) is 3.78. The van der Waals surface area contributed by atoms with Gasteiger partial charge in [-0.05, 0) is 45.0 Å². The number of carbonyl (C=O) groups excluding carboxylic acids is 1. The molecule has 0 fully saturated rings. The van der Waals surface area contributed by atoms with Crippen LogP contribution in [0.15, 0.2) is 24.3 Å². The summed E-state index contributed by atoms with van der Waals surface area (Å²) < 4.78 is 12.5. The summed E-state index contributed by atoms with van der Waals surface area (Å²) in [6.45, 7) is 6.25. The lowest BCUT2D eigenvalue weighted by molar-refractivity contribution is -0.118. The van der Waals surface area contributed by atoms with Gasteiger partial charge in [0.15, 0.2) is 6.61 Å². The molecule has 1 amide bonds. The van der Waals surface area contributed by atoms with Gasteiger partial charge in [0.1, 0.15) is 11.5 Å². The quantitative estimate of drug-likeness (QED) is 0.890. The van der Waals surface area contributed by atoms with Gasteiger partial charge in [0.2, 0.25) is 0 Å². The molecule has 6 nitrogen and oxygen atoms in total. The molecular weight excluding hydrogens is 282 g/mol. The Labute approximate surface area is 130 Å².